The van der Waals surface area contributed by atoms with Crippen molar-refractivity contribution in [2.24, 2.45) is 5.10 Å². The molecule has 0 aliphatic rings. The van der Waals surface area contributed by atoms with Crippen LogP contribution in [0.3, 0.4) is 0 Å². The van der Waals surface area contributed by atoms with Gasteiger partial charge in [-0.2, -0.15) is 5.10 Å². The zero-order chi connectivity index (χ0) is 14.5. The summed E-state index contributed by atoms with van der Waals surface area (Å²) >= 11 is 0. The minimum absolute atomic E-state index is 0.252. The van der Waals surface area contributed by atoms with Crippen LogP contribution in [0.2, 0.25) is 0 Å². The lowest BCUT2D eigenvalue weighted by Gasteiger charge is -2.06. The predicted molar refractivity (Wildman–Crippen MR) is 81.7 cm³/mol. The Labute approximate surface area is 118 Å². The van der Waals surface area contributed by atoms with Crippen molar-refractivity contribution < 1.29 is 4.79 Å². The predicted octanol–water partition coefficient (Wildman–Crippen LogP) is 2.73. The zero-order valence-corrected chi connectivity index (χ0v) is 11.6. The lowest BCUT2D eigenvalue weighted by molar-refractivity contribution is 0.0955. The number of nitrogens with two attached hydrogens (primary N) is 1. The van der Waals surface area contributed by atoms with E-state index in [9.17, 15) is 4.79 Å². The van der Waals surface area contributed by atoms with E-state index in [1.54, 1.807) is 24.3 Å². The lowest BCUT2D eigenvalue weighted by atomic mass is 10.1. The zero-order valence-electron chi connectivity index (χ0n) is 11.6. The molecule has 0 fully saturated rings. The molecule has 0 aromatic heterocycles. The van der Waals surface area contributed by atoms with Crippen LogP contribution in [0.5, 0.6) is 0 Å². The molecule has 2 rings (SSSR count). The van der Waals surface area contributed by atoms with Crippen molar-refractivity contribution in [2.75, 3.05) is 5.73 Å². The molecule has 4 nitrogen and oxygen atoms in total. The summed E-state index contributed by atoms with van der Waals surface area (Å²) in [6, 6.07) is 14.6. The standard InChI is InChI=1S/C16H17N3O/c1-11-5-3-4-6-15(11)12(2)18-19-16(20)13-7-9-14(17)10-8-13/h3-10H,17H2,1-2H3,(H,19,20)/b18-12-. The second kappa shape index (κ2) is 6.02. The molecular weight excluding hydrogens is 250 g/mol. The fourth-order valence-electron chi connectivity index (χ4n) is 1.87. The van der Waals surface area contributed by atoms with Crippen molar-refractivity contribution in [2.45, 2.75) is 13.8 Å². The Bertz CT molecular complexity index is 645. The first-order valence-corrected chi connectivity index (χ1v) is 6.34. The Hall–Kier alpha value is -2.62. The first-order chi connectivity index (χ1) is 9.58. The van der Waals surface area contributed by atoms with Crippen LogP contribution in [0.25, 0.3) is 0 Å². The van der Waals surface area contributed by atoms with Crippen LogP contribution in [0.15, 0.2) is 53.6 Å². The molecule has 1 amide bonds. The van der Waals surface area contributed by atoms with E-state index in [4.69, 9.17) is 5.73 Å². The number of carbonyl (C=O) groups excluding carboxylic acids is 1. The normalized spacial score (nSPS) is 11.2. The van der Waals surface area contributed by atoms with Crippen LogP contribution in [-0.2, 0) is 0 Å². The lowest BCUT2D eigenvalue weighted by Crippen LogP contribution is -2.19. The molecule has 2 aromatic rings. The molecule has 4 heteroatoms. The molecule has 20 heavy (non-hydrogen) atoms. The second-order valence-electron chi connectivity index (χ2n) is 4.58. The van der Waals surface area contributed by atoms with Gasteiger partial charge in [-0.3, -0.25) is 4.79 Å². The Morgan fingerprint density at radius 2 is 1.75 bits per heavy atom. The van der Waals surface area contributed by atoms with E-state index in [2.05, 4.69) is 10.5 Å². The summed E-state index contributed by atoms with van der Waals surface area (Å²) in [6.45, 7) is 3.88. The average molecular weight is 267 g/mol. The van der Waals surface area contributed by atoms with Gasteiger partial charge >= 0.3 is 0 Å². The first-order valence-electron chi connectivity index (χ1n) is 6.34. The molecule has 0 unspecified atom stereocenters. The SMILES string of the molecule is C/C(=N/NC(=O)c1ccc(N)cc1)c1ccccc1C. The van der Waals surface area contributed by atoms with Gasteiger partial charge < -0.3 is 5.73 Å². The summed E-state index contributed by atoms with van der Waals surface area (Å²) in [5.41, 5.74) is 12.2. The van der Waals surface area contributed by atoms with Crippen LogP contribution in [0.4, 0.5) is 5.69 Å². The number of benzene rings is 2. The number of amides is 1. The van der Waals surface area contributed by atoms with Crippen molar-refractivity contribution in [3.63, 3.8) is 0 Å². The van der Waals surface area contributed by atoms with Gasteiger partial charge in [-0.25, -0.2) is 5.43 Å². The Morgan fingerprint density at radius 1 is 1.10 bits per heavy atom. The third-order valence-electron chi connectivity index (χ3n) is 3.03. The third-order valence-corrected chi connectivity index (χ3v) is 3.03. The van der Waals surface area contributed by atoms with Crippen molar-refractivity contribution in [1.29, 1.82) is 0 Å². The van der Waals surface area contributed by atoms with Crippen molar-refractivity contribution in [3.05, 3.63) is 65.2 Å². The van der Waals surface area contributed by atoms with E-state index >= 15 is 0 Å². The van der Waals surface area contributed by atoms with Crippen LogP contribution >= 0.6 is 0 Å². The highest BCUT2D eigenvalue weighted by molar-refractivity contribution is 6.01. The molecule has 0 spiro atoms. The molecule has 0 bridgehead atoms. The maximum Gasteiger partial charge on any atom is 0.271 e. The summed E-state index contributed by atoms with van der Waals surface area (Å²) < 4.78 is 0. The number of rotatable bonds is 3. The van der Waals surface area contributed by atoms with E-state index in [1.165, 1.54) is 0 Å². The van der Waals surface area contributed by atoms with Gasteiger partial charge in [0.2, 0.25) is 0 Å². The minimum atomic E-state index is -0.252. The number of hydrazone groups is 1. The van der Waals surface area contributed by atoms with Crippen molar-refractivity contribution >= 4 is 17.3 Å². The van der Waals surface area contributed by atoms with Gasteiger partial charge in [0.1, 0.15) is 0 Å². The molecule has 0 atom stereocenters. The highest BCUT2D eigenvalue weighted by atomic mass is 16.2. The molecule has 0 saturated heterocycles. The van der Waals surface area contributed by atoms with Crippen LogP contribution in [-0.4, -0.2) is 11.6 Å². The van der Waals surface area contributed by atoms with Crippen molar-refractivity contribution in [3.8, 4) is 0 Å². The van der Waals surface area contributed by atoms with Gasteiger partial charge in [0.25, 0.3) is 5.91 Å². The molecule has 0 aliphatic heterocycles. The molecule has 3 N–H and O–H groups in total. The van der Waals surface area contributed by atoms with E-state index in [0.29, 0.717) is 11.3 Å². The third kappa shape index (κ3) is 3.23. The molecule has 102 valence electrons. The van der Waals surface area contributed by atoms with Gasteiger partial charge in [0.05, 0.1) is 5.71 Å². The molecule has 0 aliphatic carbocycles. The Balaban J connectivity index is 2.11. The van der Waals surface area contributed by atoms with E-state index in [0.717, 1.165) is 16.8 Å². The first kappa shape index (κ1) is 13.8. The Kier molecular flexibility index (Phi) is 4.15. The van der Waals surface area contributed by atoms with Gasteiger partial charge in [0, 0.05) is 16.8 Å². The fraction of sp³-hybridized carbons (Fsp3) is 0.125. The number of nitrogens with zero attached hydrogens (tertiary/aromatic N) is 1. The largest absolute Gasteiger partial charge is 0.399 e. The molecule has 0 radical (unpaired) electrons. The fourth-order valence-corrected chi connectivity index (χ4v) is 1.87. The maximum atomic E-state index is 11.9. The van der Waals surface area contributed by atoms with Crippen LogP contribution < -0.4 is 11.2 Å². The highest BCUT2D eigenvalue weighted by Gasteiger charge is 2.05. The summed E-state index contributed by atoms with van der Waals surface area (Å²) in [5.74, 6) is -0.252. The number of hydrogen-bond acceptors (Lipinski definition) is 3. The van der Waals surface area contributed by atoms with Crippen LogP contribution in [0.1, 0.15) is 28.4 Å². The van der Waals surface area contributed by atoms with Gasteiger partial charge in [-0.1, -0.05) is 24.3 Å². The number of nitrogen functional groups attached to an aromatic ring is 1. The van der Waals surface area contributed by atoms with E-state index in [-0.39, 0.29) is 5.91 Å². The minimum Gasteiger partial charge on any atom is -0.399 e. The smallest absolute Gasteiger partial charge is 0.271 e. The maximum absolute atomic E-state index is 11.9. The van der Waals surface area contributed by atoms with Crippen molar-refractivity contribution in [1.82, 2.24) is 5.43 Å². The topological polar surface area (TPSA) is 67.5 Å². The number of anilines is 1. The monoisotopic (exact) mass is 267 g/mol. The summed E-state index contributed by atoms with van der Waals surface area (Å²) in [4.78, 5) is 11.9. The van der Waals surface area contributed by atoms with Gasteiger partial charge in [-0.05, 0) is 43.7 Å². The molecule has 0 heterocycles. The summed E-state index contributed by atoms with van der Waals surface area (Å²) in [6.07, 6.45) is 0. The molecule has 0 saturated carbocycles. The van der Waals surface area contributed by atoms with Gasteiger partial charge in [-0.15, -0.1) is 0 Å². The van der Waals surface area contributed by atoms with E-state index < -0.39 is 0 Å². The highest BCUT2D eigenvalue weighted by Crippen LogP contribution is 2.08. The summed E-state index contributed by atoms with van der Waals surface area (Å²) in [5, 5.41) is 4.14. The number of hydrogen-bond donors (Lipinski definition) is 2. The molecular formula is C16H17N3O. The quantitative estimate of drug-likeness (QED) is 0.510. The van der Waals surface area contributed by atoms with Crippen LogP contribution in [0, 0.1) is 6.92 Å². The second-order valence-corrected chi connectivity index (χ2v) is 4.58. The molecule has 2 aromatic carbocycles. The Morgan fingerprint density at radius 3 is 2.40 bits per heavy atom. The average Bonchev–Trinajstić information content (AvgIpc) is 2.45. The van der Waals surface area contributed by atoms with Gasteiger partial charge in [0.15, 0.2) is 0 Å². The number of aryl methyl sites for hydroxylation is 1. The number of nitrogens with one attached hydrogen (secondary N) is 1. The van der Waals surface area contributed by atoms with E-state index in [1.807, 2.05) is 38.1 Å². The summed E-state index contributed by atoms with van der Waals surface area (Å²) in [7, 11) is 0. The number of carbonyl (C=O) groups is 1.